The highest BCUT2D eigenvalue weighted by Gasteiger charge is 2.08. The number of rotatable bonds is 5. The molecule has 0 aromatic carbocycles. The minimum Gasteiger partial charge on any atom is -0.477 e. The number of aryl methyl sites for hydroxylation is 1. The molecule has 0 unspecified atom stereocenters. The Morgan fingerprint density at radius 2 is 2.29 bits per heavy atom. The van der Waals surface area contributed by atoms with Crippen LogP contribution in [0.1, 0.15) is 31.0 Å². The number of hydrogen-bond acceptors (Lipinski definition) is 4. The van der Waals surface area contributed by atoms with E-state index in [0.29, 0.717) is 12.5 Å². The van der Waals surface area contributed by atoms with Gasteiger partial charge in [0.05, 0.1) is 13.2 Å². The largest absolute Gasteiger partial charge is 0.477 e. The number of fused-ring (bicyclic) bond motifs is 1. The molecule has 1 N–H and O–H groups in total. The fourth-order valence-corrected chi connectivity index (χ4v) is 1.61. The Morgan fingerprint density at radius 3 is 3.00 bits per heavy atom. The molecule has 5 nitrogen and oxygen atoms in total. The Hall–Kier alpha value is -1.62. The monoisotopic (exact) mass is 235 g/mol. The van der Waals surface area contributed by atoms with Crippen molar-refractivity contribution in [3.05, 3.63) is 23.5 Å². The van der Waals surface area contributed by atoms with Crippen LogP contribution in [0.25, 0.3) is 5.65 Å². The van der Waals surface area contributed by atoms with E-state index in [1.165, 1.54) is 0 Å². The molecule has 0 aliphatic rings. The molecule has 2 aromatic heterocycles. The lowest BCUT2D eigenvalue weighted by Crippen LogP contribution is -2.02. The Labute approximate surface area is 100 Å². The molecule has 2 heterocycles. The summed E-state index contributed by atoms with van der Waals surface area (Å²) in [6.45, 7) is 4.67. The molecule has 0 fully saturated rings. The summed E-state index contributed by atoms with van der Waals surface area (Å²) in [6, 6.07) is 1.81. The van der Waals surface area contributed by atoms with Crippen molar-refractivity contribution >= 4 is 5.65 Å². The minimum atomic E-state index is -0.0271. The van der Waals surface area contributed by atoms with Crippen LogP contribution >= 0.6 is 0 Å². The highest BCUT2D eigenvalue weighted by atomic mass is 16.5. The van der Waals surface area contributed by atoms with Crippen molar-refractivity contribution in [2.75, 3.05) is 6.61 Å². The van der Waals surface area contributed by atoms with E-state index in [9.17, 15) is 0 Å². The van der Waals surface area contributed by atoms with Crippen LogP contribution in [0, 0.1) is 6.92 Å². The number of aliphatic hydroxyl groups excluding tert-OH is 1. The van der Waals surface area contributed by atoms with Gasteiger partial charge >= 0.3 is 0 Å². The SMILES string of the molecule is CCCCOc1cc2ncc(CO)c(C)n2n1. The summed E-state index contributed by atoms with van der Waals surface area (Å²) < 4.78 is 7.23. The average Bonchev–Trinajstić information content (AvgIpc) is 2.74. The molecule has 0 bridgehead atoms. The zero-order valence-electron chi connectivity index (χ0n) is 10.2. The highest BCUT2D eigenvalue weighted by molar-refractivity contribution is 5.43. The van der Waals surface area contributed by atoms with Crippen LogP contribution in [0.15, 0.2) is 12.3 Å². The lowest BCUT2D eigenvalue weighted by Gasteiger charge is -2.03. The molecule has 92 valence electrons. The second kappa shape index (κ2) is 5.14. The van der Waals surface area contributed by atoms with E-state index < -0.39 is 0 Å². The molecule has 0 spiro atoms. The van der Waals surface area contributed by atoms with Crippen molar-refractivity contribution in [1.29, 1.82) is 0 Å². The molecule has 0 saturated heterocycles. The molecule has 17 heavy (non-hydrogen) atoms. The van der Waals surface area contributed by atoms with Gasteiger partial charge in [0.15, 0.2) is 5.65 Å². The third kappa shape index (κ3) is 2.39. The zero-order chi connectivity index (χ0) is 12.3. The number of aliphatic hydroxyl groups is 1. The molecule has 0 atom stereocenters. The van der Waals surface area contributed by atoms with Gasteiger partial charge in [-0.15, -0.1) is 5.10 Å². The van der Waals surface area contributed by atoms with Gasteiger partial charge in [0.1, 0.15) is 0 Å². The smallest absolute Gasteiger partial charge is 0.235 e. The third-order valence-corrected chi connectivity index (χ3v) is 2.72. The molecule has 0 radical (unpaired) electrons. The molecule has 2 rings (SSSR count). The predicted molar refractivity (Wildman–Crippen MR) is 64.0 cm³/mol. The maximum Gasteiger partial charge on any atom is 0.235 e. The summed E-state index contributed by atoms with van der Waals surface area (Å²) in [5.74, 6) is 0.587. The lowest BCUT2D eigenvalue weighted by atomic mass is 10.2. The third-order valence-electron chi connectivity index (χ3n) is 2.72. The van der Waals surface area contributed by atoms with Gasteiger partial charge in [0.25, 0.3) is 0 Å². The fraction of sp³-hybridized carbons (Fsp3) is 0.500. The van der Waals surface area contributed by atoms with E-state index in [0.717, 1.165) is 29.7 Å². The van der Waals surface area contributed by atoms with E-state index in [-0.39, 0.29) is 6.61 Å². The molecular formula is C12H17N3O2. The van der Waals surface area contributed by atoms with Crippen molar-refractivity contribution in [3.63, 3.8) is 0 Å². The second-order valence-corrected chi connectivity index (χ2v) is 3.98. The molecule has 0 saturated carbocycles. The summed E-state index contributed by atoms with van der Waals surface area (Å²) in [7, 11) is 0. The topological polar surface area (TPSA) is 59.7 Å². The van der Waals surface area contributed by atoms with Crippen LogP contribution in [-0.4, -0.2) is 26.3 Å². The van der Waals surface area contributed by atoms with Crippen molar-refractivity contribution < 1.29 is 9.84 Å². The number of nitrogens with zero attached hydrogens (tertiary/aromatic N) is 3. The van der Waals surface area contributed by atoms with Crippen molar-refractivity contribution in [2.24, 2.45) is 0 Å². The van der Waals surface area contributed by atoms with Gasteiger partial charge in [-0.3, -0.25) is 0 Å². The Morgan fingerprint density at radius 1 is 1.47 bits per heavy atom. The van der Waals surface area contributed by atoms with Crippen LogP contribution in [0.5, 0.6) is 5.88 Å². The van der Waals surface area contributed by atoms with Crippen LogP contribution in [0.3, 0.4) is 0 Å². The summed E-state index contributed by atoms with van der Waals surface area (Å²) in [5, 5.41) is 13.5. The van der Waals surface area contributed by atoms with Gasteiger partial charge in [-0.05, 0) is 13.3 Å². The normalized spacial score (nSPS) is 11.0. The quantitative estimate of drug-likeness (QED) is 0.801. The van der Waals surface area contributed by atoms with Crippen LogP contribution in [-0.2, 0) is 6.61 Å². The Kier molecular flexibility index (Phi) is 3.58. The fourth-order valence-electron chi connectivity index (χ4n) is 1.61. The Balaban J connectivity index is 2.27. The molecule has 0 aliphatic carbocycles. The number of ether oxygens (including phenoxy) is 1. The van der Waals surface area contributed by atoms with Crippen LogP contribution < -0.4 is 4.74 Å². The van der Waals surface area contributed by atoms with Gasteiger partial charge in [-0.2, -0.15) is 0 Å². The summed E-state index contributed by atoms with van der Waals surface area (Å²) >= 11 is 0. The van der Waals surface area contributed by atoms with Gasteiger partial charge < -0.3 is 9.84 Å². The van der Waals surface area contributed by atoms with Crippen molar-refractivity contribution in [1.82, 2.24) is 14.6 Å². The van der Waals surface area contributed by atoms with Gasteiger partial charge in [-0.1, -0.05) is 13.3 Å². The second-order valence-electron chi connectivity index (χ2n) is 3.98. The molecule has 0 aliphatic heterocycles. The number of hydrogen-bond donors (Lipinski definition) is 1. The first-order valence-corrected chi connectivity index (χ1v) is 5.84. The van der Waals surface area contributed by atoms with E-state index in [1.54, 1.807) is 10.7 Å². The van der Waals surface area contributed by atoms with Crippen LogP contribution in [0.2, 0.25) is 0 Å². The van der Waals surface area contributed by atoms with E-state index in [1.807, 2.05) is 13.0 Å². The maximum atomic E-state index is 9.15. The van der Waals surface area contributed by atoms with Gasteiger partial charge in [0.2, 0.25) is 5.88 Å². The van der Waals surface area contributed by atoms with E-state index in [4.69, 9.17) is 9.84 Å². The van der Waals surface area contributed by atoms with Crippen molar-refractivity contribution in [2.45, 2.75) is 33.3 Å². The zero-order valence-corrected chi connectivity index (χ0v) is 10.2. The first-order chi connectivity index (χ1) is 8.26. The summed E-state index contributed by atoms with van der Waals surface area (Å²) in [4.78, 5) is 4.22. The predicted octanol–water partition coefficient (Wildman–Crippen LogP) is 1.71. The van der Waals surface area contributed by atoms with Gasteiger partial charge in [-0.25, -0.2) is 9.50 Å². The average molecular weight is 235 g/mol. The molecule has 2 aromatic rings. The van der Waals surface area contributed by atoms with E-state index >= 15 is 0 Å². The first kappa shape index (κ1) is 11.9. The van der Waals surface area contributed by atoms with Gasteiger partial charge in [0, 0.05) is 23.5 Å². The Bertz CT molecular complexity index is 508. The summed E-state index contributed by atoms with van der Waals surface area (Å²) in [6.07, 6.45) is 3.78. The highest BCUT2D eigenvalue weighted by Crippen LogP contribution is 2.15. The van der Waals surface area contributed by atoms with E-state index in [2.05, 4.69) is 17.0 Å². The number of unbranched alkanes of at least 4 members (excludes halogenated alkanes) is 1. The standard InChI is InChI=1S/C12H17N3O2/c1-3-4-5-17-12-6-11-13-7-10(8-16)9(2)15(11)14-12/h6-7,16H,3-5,8H2,1-2H3. The number of aromatic nitrogens is 3. The van der Waals surface area contributed by atoms with Crippen LogP contribution in [0.4, 0.5) is 0 Å². The molecular weight excluding hydrogens is 218 g/mol. The molecule has 5 heteroatoms. The minimum absolute atomic E-state index is 0.0271. The lowest BCUT2D eigenvalue weighted by molar-refractivity contribution is 0.279. The van der Waals surface area contributed by atoms with Crippen molar-refractivity contribution in [3.8, 4) is 5.88 Å². The molecule has 0 amide bonds. The maximum absolute atomic E-state index is 9.15. The summed E-state index contributed by atoms with van der Waals surface area (Å²) in [5.41, 5.74) is 2.41. The first-order valence-electron chi connectivity index (χ1n) is 5.84.